The van der Waals surface area contributed by atoms with Crippen molar-refractivity contribution in [2.24, 2.45) is 0 Å². The van der Waals surface area contributed by atoms with E-state index in [1.165, 1.54) is 0 Å². The van der Waals surface area contributed by atoms with Gasteiger partial charge in [0.15, 0.2) is 0 Å². The van der Waals surface area contributed by atoms with Crippen LogP contribution in [0.5, 0.6) is 0 Å². The fourth-order valence-corrected chi connectivity index (χ4v) is 2.40. The molecule has 1 aromatic heterocycles. The maximum absolute atomic E-state index is 12.5. The maximum atomic E-state index is 12.5. The highest BCUT2D eigenvalue weighted by Crippen LogP contribution is 2.23. The molecule has 0 atom stereocenters. The minimum absolute atomic E-state index is 0.136. The molecule has 0 aliphatic rings. The summed E-state index contributed by atoms with van der Waals surface area (Å²) in [5.74, 6) is 0.591. The van der Waals surface area contributed by atoms with Crippen LogP contribution in [0.1, 0.15) is 35.3 Å². The first-order chi connectivity index (χ1) is 11.2. The average Bonchev–Trinajstić information content (AvgIpc) is 2.60. The molecule has 1 aromatic carbocycles. The predicted octanol–water partition coefficient (Wildman–Crippen LogP) is 4.06. The van der Waals surface area contributed by atoms with Gasteiger partial charge in [-0.25, -0.2) is 4.98 Å². The van der Waals surface area contributed by atoms with Gasteiger partial charge in [-0.3, -0.25) is 4.79 Å². The third-order valence-electron chi connectivity index (χ3n) is 3.69. The third kappa shape index (κ3) is 4.19. The van der Waals surface area contributed by atoms with E-state index in [-0.39, 0.29) is 5.91 Å². The maximum Gasteiger partial charge on any atom is 0.257 e. The number of hydrogen-bond donors (Lipinski definition) is 2. The third-order valence-corrected chi connectivity index (χ3v) is 3.69. The van der Waals surface area contributed by atoms with Crippen molar-refractivity contribution in [3.8, 4) is 0 Å². The molecule has 0 saturated carbocycles. The lowest BCUT2D eigenvalue weighted by atomic mass is 10.0. The molecular formula is C19H23N3O. The largest absolute Gasteiger partial charge is 0.367 e. The molecule has 1 heterocycles. The molecule has 4 nitrogen and oxygen atoms in total. The molecule has 120 valence electrons. The Bertz CT molecular complexity index is 655. The minimum atomic E-state index is -0.136. The standard InChI is InChI=1S/C19H23N3O/c1-4-12-20-17-11-10-16(13-21-17)19(23)22-18-14(5-2)8-7-9-15(18)6-3/h4,7-11,13H,1,5-6,12H2,2-3H3,(H,20,21)(H,22,23). The van der Waals surface area contributed by atoms with Gasteiger partial charge >= 0.3 is 0 Å². The quantitative estimate of drug-likeness (QED) is 0.758. The summed E-state index contributed by atoms with van der Waals surface area (Å²) >= 11 is 0. The summed E-state index contributed by atoms with van der Waals surface area (Å²) in [4.78, 5) is 16.7. The van der Waals surface area contributed by atoms with E-state index in [1.807, 2.05) is 6.07 Å². The van der Waals surface area contributed by atoms with Crippen LogP contribution in [0, 0.1) is 0 Å². The van der Waals surface area contributed by atoms with Gasteiger partial charge in [0, 0.05) is 18.4 Å². The van der Waals surface area contributed by atoms with Crippen LogP contribution in [0.3, 0.4) is 0 Å². The molecule has 2 rings (SSSR count). The lowest BCUT2D eigenvalue weighted by molar-refractivity contribution is 0.102. The molecule has 0 spiro atoms. The van der Waals surface area contributed by atoms with E-state index in [4.69, 9.17) is 0 Å². The average molecular weight is 309 g/mol. The van der Waals surface area contributed by atoms with Crippen molar-refractivity contribution < 1.29 is 4.79 Å². The summed E-state index contributed by atoms with van der Waals surface area (Å²) in [6, 6.07) is 9.71. The van der Waals surface area contributed by atoms with E-state index in [0.717, 1.165) is 35.5 Å². The van der Waals surface area contributed by atoms with E-state index < -0.39 is 0 Å². The van der Waals surface area contributed by atoms with Gasteiger partial charge in [-0.15, -0.1) is 6.58 Å². The molecule has 0 radical (unpaired) electrons. The van der Waals surface area contributed by atoms with Crippen molar-refractivity contribution in [3.05, 3.63) is 65.9 Å². The van der Waals surface area contributed by atoms with Crippen molar-refractivity contribution >= 4 is 17.4 Å². The lowest BCUT2D eigenvalue weighted by Gasteiger charge is -2.14. The van der Waals surface area contributed by atoms with Gasteiger partial charge in [0.1, 0.15) is 5.82 Å². The van der Waals surface area contributed by atoms with E-state index in [1.54, 1.807) is 24.4 Å². The highest BCUT2D eigenvalue weighted by molar-refractivity contribution is 6.05. The van der Waals surface area contributed by atoms with Gasteiger partial charge in [-0.05, 0) is 36.1 Å². The van der Waals surface area contributed by atoms with Crippen molar-refractivity contribution in [2.45, 2.75) is 26.7 Å². The lowest BCUT2D eigenvalue weighted by Crippen LogP contribution is -2.15. The normalized spacial score (nSPS) is 10.2. The molecule has 1 amide bonds. The number of pyridine rings is 1. The molecule has 0 aliphatic heterocycles. The summed E-state index contributed by atoms with van der Waals surface area (Å²) in [7, 11) is 0. The molecule has 0 saturated heterocycles. The Morgan fingerprint density at radius 3 is 2.39 bits per heavy atom. The summed E-state index contributed by atoms with van der Waals surface area (Å²) < 4.78 is 0. The molecule has 0 bridgehead atoms. The topological polar surface area (TPSA) is 54.0 Å². The zero-order valence-corrected chi connectivity index (χ0v) is 13.7. The number of hydrogen-bond acceptors (Lipinski definition) is 3. The number of benzene rings is 1. The number of rotatable bonds is 7. The molecule has 2 N–H and O–H groups in total. The van der Waals surface area contributed by atoms with Crippen LogP contribution in [0.15, 0.2) is 49.2 Å². The van der Waals surface area contributed by atoms with Crippen LogP contribution in [0.4, 0.5) is 11.5 Å². The molecule has 0 fully saturated rings. The highest BCUT2D eigenvalue weighted by atomic mass is 16.1. The molecule has 0 unspecified atom stereocenters. The summed E-state index contributed by atoms with van der Waals surface area (Å²) in [5, 5.41) is 6.13. The molecule has 2 aromatic rings. The first-order valence-corrected chi connectivity index (χ1v) is 7.92. The Morgan fingerprint density at radius 2 is 1.87 bits per heavy atom. The van der Waals surface area contributed by atoms with Gasteiger partial charge in [0.2, 0.25) is 0 Å². The van der Waals surface area contributed by atoms with Gasteiger partial charge in [0.05, 0.1) is 5.56 Å². The van der Waals surface area contributed by atoms with E-state index >= 15 is 0 Å². The van der Waals surface area contributed by atoms with Gasteiger partial charge in [-0.2, -0.15) is 0 Å². The monoisotopic (exact) mass is 309 g/mol. The number of amides is 1. The predicted molar refractivity (Wildman–Crippen MR) is 96.1 cm³/mol. The molecular weight excluding hydrogens is 286 g/mol. The number of aromatic nitrogens is 1. The number of para-hydroxylation sites is 1. The van der Waals surface area contributed by atoms with Crippen molar-refractivity contribution in [1.82, 2.24) is 4.98 Å². The summed E-state index contributed by atoms with van der Waals surface area (Å²) in [6.07, 6.45) is 5.11. The molecule has 4 heteroatoms. The number of nitrogens with zero attached hydrogens (tertiary/aromatic N) is 1. The Labute approximate surface area is 137 Å². The first kappa shape index (κ1) is 16.7. The van der Waals surface area contributed by atoms with E-state index in [2.05, 4.69) is 48.2 Å². The molecule has 0 aliphatic carbocycles. The fourth-order valence-electron chi connectivity index (χ4n) is 2.40. The van der Waals surface area contributed by atoms with Crippen molar-refractivity contribution in [1.29, 1.82) is 0 Å². The van der Waals surface area contributed by atoms with Crippen LogP contribution in [-0.4, -0.2) is 17.4 Å². The fraction of sp³-hybridized carbons (Fsp3) is 0.263. The second kappa shape index (κ2) is 8.13. The van der Waals surface area contributed by atoms with Gasteiger partial charge in [0.25, 0.3) is 5.91 Å². The second-order valence-corrected chi connectivity index (χ2v) is 5.21. The zero-order chi connectivity index (χ0) is 16.7. The van der Waals surface area contributed by atoms with Crippen LogP contribution >= 0.6 is 0 Å². The number of anilines is 2. The summed E-state index contributed by atoms with van der Waals surface area (Å²) in [5.41, 5.74) is 3.77. The molecule has 23 heavy (non-hydrogen) atoms. The highest BCUT2D eigenvalue weighted by Gasteiger charge is 2.12. The van der Waals surface area contributed by atoms with Crippen LogP contribution in [0.2, 0.25) is 0 Å². The Hall–Kier alpha value is -2.62. The SMILES string of the molecule is C=CCNc1ccc(C(=O)Nc2c(CC)cccc2CC)cn1. The Morgan fingerprint density at radius 1 is 1.17 bits per heavy atom. The zero-order valence-electron chi connectivity index (χ0n) is 13.7. The summed E-state index contributed by atoms with van der Waals surface area (Å²) in [6.45, 7) is 8.47. The van der Waals surface area contributed by atoms with Crippen LogP contribution in [-0.2, 0) is 12.8 Å². The smallest absolute Gasteiger partial charge is 0.257 e. The van der Waals surface area contributed by atoms with E-state index in [9.17, 15) is 4.79 Å². The number of nitrogens with one attached hydrogen (secondary N) is 2. The number of carbonyl (C=O) groups is 1. The number of carbonyl (C=O) groups excluding carboxylic acids is 1. The second-order valence-electron chi connectivity index (χ2n) is 5.21. The van der Waals surface area contributed by atoms with Crippen LogP contribution < -0.4 is 10.6 Å². The first-order valence-electron chi connectivity index (χ1n) is 7.92. The van der Waals surface area contributed by atoms with Crippen molar-refractivity contribution in [2.75, 3.05) is 17.2 Å². The minimum Gasteiger partial charge on any atom is -0.367 e. The van der Waals surface area contributed by atoms with Gasteiger partial charge < -0.3 is 10.6 Å². The van der Waals surface area contributed by atoms with E-state index in [0.29, 0.717) is 12.1 Å². The van der Waals surface area contributed by atoms with Gasteiger partial charge in [-0.1, -0.05) is 38.1 Å². The Kier molecular flexibility index (Phi) is 5.92. The van der Waals surface area contributed by atoms with Crippen molar-refractivity contribution in [3.63, 3.8) is 0 Å². The van der Waals surface area contributed by atoms with Crippen LogP contribution in [0.25, 0.3) is 0 Å². The Balaban J connectivity index is 2.17. The number of aryl methyl sites for hydroxylation is 2.